The molecule has 0 bridgehead atoms. The summed E-state index contributed by atoms with van der Waals surface area (Å²) < 4.78 is 1.47. The van der Waals surface area contributed by atoms with E-state index in [1.165, 1.54) is 15.8 Å². The number of imide groups is 1. The fourth-order valence-electron chi connectivity index (χ4n) is 4.63. The maximum absolute atomic E-state index is 12.9. The second-order valence-electron chi connectivity index (χ2n) is 9.09. The van der Waals surface area contributed by atoms with E-state index in [0.717, 1.165) is 16.8 Å². The molecule has 0 radical (unpaired) electrons. The third kappa shape index (κ3) is 4.08. The van der Waals surface area contributed by atoms with Crippen LogP contribution >= 0.6 is 0 Å². The zero-order valence-corrected chi connectivity index (χ0v) is 20.1. The van der Waals surface area contributed by atoms with Gasteiger partial charge in [0.1, 0.15) is 6.04 Å². The Balaban J connectivity index is 1.33. The number of carbonyl (C=O) groups is 4. The Morgan fingerprint density at radius 1 is 1.17 bits per heavy atom. The summed E-state index contributed by atoms with van der Waals surface area (Å²) in [4.78, 5) is 52.9. The number of fused-ring (bicyclic) bond motifs is 1. The Morgan fingerprint density at radius 3 is 2.72 bits per heavy atom. The Hall–Kier alpha value is -4.54. The van der Waals surface area contributed by atoms with Crippen LogP contribution in [-0.2, 0) is 16.1 Å². The van der Waals surface area contributed by atoms with Crippen molar-refractivity contribution in [1.29, 1.82) is 0 Å². The minimum Gasteiger partial charge on any atom is -0.377 e. The maximum Gasteiger partial charge on any atom is 0.277 e. The van der Waals surface area contributed by atoms with Crippen molar-refractivity contribution in [1.82, 2.24) is 25.2 Å². The number of carbonyl (C=O) groups excluding carboxylic acids is 4. The Kier molecular flexibility index (Phi) is 5.75. The molecule has 11 nitrogen and oxygen atoms in total. The highest BCUT2D eigenvalue weighted by molar-refractivity contribution is 6.05. The van der Waals surface area contributed by atoms with Crippen molar-refractivity contribution >= 4 is 35.0 Å². The molecule has 1 saturated heterocycles. The summed E-state index contributed by atoms with van der Waals surface area (Å²) in [6.45, 7) is 2.18. The van der Waals surface area contributed by atoms with E-state index in [4.69, 9.17) is 0 Å². The van der Waals surface area contributed by atoms with Crippen molar-refractivity contribution < 1.29 is 19.2 Å². The molecule has 184 valence electrons. The summed E-state index contributed by atoms with van der Waals surface area (Å²) in [7, 11) is 3.88. The van der Waals surface area contributed by atoms with Gasteiger partial charge in [-0.3, -0.25) is 24.5 Å². The second kappa shape index (κ2) is 8.91. The molecular formula is C25H25N7O4. The van der Waals surface area contributed by atoms with Crippen LogP contribution < -0.4 is 15.5 Å². The Morgan fingerprint density at radius 2 is 1.97 bits per heavy atom. The predicted octanol–water partition coefficient (Wildman–Crippen LogP) is 1.66. The lowest BCUT2D eigenvalue weighted by Crippen LogP contribution is -2.52. The van der Waals surface area contributed by atoms with Gasteiger partial charge in [-0.15, -0.1) is 5.10 Å². The molecular weight excluding hydrogens is 462 g/mol. The van der Waals surface area contributed by atoms with E-state index in [1.54, 1.807) is 18.2 Å². The van der Waals surface area contributed by atoms with Crippen molar-refractivity contribution in [3.05, 3.63) is 65.0 Å². The van der Waals surface area contributed by atoms with E-state index in [-0.39, 0.29) is 36.4 Å². The number of nitrogens with zero attached hydrogens (tertiary/aromatic N) is 5. The number of piperidine rings is 1. The van der Waals surface area contributed by atoms with E-state index in [1.807, 2.05) is 44.1 Å². The van der Waals surface area contributed by atoms with E-state index in [9.17, 15) is 19.2 Å². The van der Waals surface area contributed by atoms with Gasteiger partial charge in [-0.1, -0.05) is 11.3 Å². The average Bonchev–Trinajstić information content (AvgIpc) is 3.45. The van der Waals surface area contributed by atoms with Crippen molar-refractivity contribution in [3.63, 3.8) is 0 Å². The van der Waals surface area contributed by atoms with Crippen molar-refractivity contribution in [2.45, 2.75) is 32.4 Å². The molecule has 0 saturated carbocycles. The molecule has 11 heteroatoms. The SMILES string of the molecule is Cc1c(NC(=O)c2cn(-c3ccc4c(c3)CN(C3CCC(=O)NC3=O)C4=O)nn2)cccc1N(C)C. The molecule has 1 fully saturated rings. The van der Waals surface area contributed by atoms with Crippen LogP contribution in [0, 0.1) is 6.92 Å². The molecule has 3 heterocycles. The highest BCUT2D eigenvalue weighted by atomic mass is 16.2. The van der Waals surface area contributed by atoms with Crippen molar-refractivity contribution in [3.8, 4) is 5.69 Å². The van der Waals surface area contributed by atoms with Crippen LogP contribution in [0.5, 0.6) is 0 Å². The average molecular weight is 488 g/mol. The van der Waals surface area contributed by atoms with Crippen LogP contribution in [0.4, 0.5) is 11.4 Å². The fourth-order valence-corrected chi connectivity index (χ4v) is 4.63. The topological polar surface area (TPSA) is 130 Å². The molecule has 36 heavy (non-hydrogen) atoms. The van der Waals surface area contributed by atoms with E-state index >= 15 is 0 Å². The van der Waals surface area contributed by atoms with Gasteiger partial charge in [0.2, 0.25) is 11.8 Å². The van der Waals surface area contributed by atoms with Gasteiger partial charge < -0.3 is 15.1 Å². The first kappa shape index (κ1) is 23.2. The van der Waals surface area contributed by atoms with Gasteiger partial charge >= 0.3 is 0 Å². The maximum atomic E-state index is 12.9. The quantitative estimate of drug-likeness (QED) is 0.524. The zero-order chi connectivity index (χ0) is 25.6. The van der Waals surface area contributed by atoms with Crippen LogP contribution in [0.2, 0.25) is 0 Å². The fraction of sp³-hybridized carbons (Fsp3) is 0.280. The third-order valence-electron chi connectivity index (χ3n) is 6.53. The number of rotatable bonds is 5. The summed E-state index contributed by atoms with van der Waals surface area (Å²) in [6, 6.07) is 10.2. The van der Waals surface area contributed by atoms with Crippen LogP contribution in [0.1, 0.15) is 44.8 Å². The number of hydrogen-bond donors (Lipinski definition) is 2. The highest BCUT2D eigenvalue weighted by Gasteiger charge is 2.39. The van der Waals surface area contributed by atoms with E-state index in [0.29, 0.717) is 23.4 Å². The number of benzene rings is 2. The molecule has 2 aromatic carbocycles. The number of anilines is 2. The second-order valence-corrected chi connectivity index (χ2v) is 9.09. The smallest absolute Gasteiger partial charge is 0.277 e. The largest absolute Gasteiger partial charge is 0.377 e. The summed E-state index contributed by atoms with van der Waals surface area (Å²) in [5, 5.41) is 13.3. The molecule has 1 unspecified atom stereocenters. The molecule has 4 amide bonds. The van der Waals surface area contributed by atoms with Crippen LogP contribution in [-0.4, -0.2) is 63.7 Å². The van der Waals surface area contributed by atoms with Crippen molar-refractivity contribution in [2.24, 2.45) is 0 Å². The number of aromatic nitrogens is 3. The lowest BCUT2D eigenvalue weighted by atomic mass is 10.0. The molecule has 2 N–H and O–H groups in total. The molecule has 1 aromatic heterocycles. The standard InChI is InChI=1S/C25H25N7O4/c1-14-18(5-4-6-20(14)30(2)3)26-23(34)19-13-32(29-28-19)16-7-8-17-15(11-16)12-31(25(17)36)21-9-10-22(33)27-24(21)35/h4-8,11,13,21H,9-10,12H2,1-3H3,(H,26,34)(H,27,33,35). The third-order valence-corrected chi connectivity index (χ3v) is 6.53. The van der Waals surface area contributed by atoms with Gasteiger partial charge in [-0.25, -0.2) is 4.68 Å². The monoisotopic (exact) mass is 487 g/mol. The highest BCUT2D eigenvalue weighted by Crippen LogP contribution is 2.29. The lowest BCUT2D eigenvalue weighted by molar-refractivity contribution is -0.136. The Labute approximate surface area is 207 Å². The lowest BCUT2D eigenvalue weighted by Gasteiger charge is -2.29. The molecule has 2 aliphatic heterocycles. The first-order valence-corrected chi connectivity index (χ1v) is 11.5. The van der Waals surface area contributed by atoms with E-state index in [2.05, 4.69) is 20.9 Å². The number of hydrogen-bond acceptors (Lipinski definition) is 7. The summed E-state index contributed by atoms with van der Waals surface area (Å²) >= 11 is 0. The van der Waals surface area contributed by atoms with Gasteiger partial charge in [0, 0.05) is 44.0 Å². The van der Waals surface area contributed by atoms with Gasteiger partial charge in [-0.05, 0) is 54.8 Å². The summed E-state index contributed by atoms with van der Waals surface area (Å²) in [5.74, 6) is -1.42. The molecule has 0 spiro atoms. The van der Waals surface area contributed by atoms with E-state index < -0.39 is 11.9 Å². The normalized spacial score (nSPS) is 17.1. The van der Waals surface area contributed by atoms with Crippen LogP contribution in [0.3, 0.4) is 0 Å². The molecule has 2 aliphatic rings. The molecule has 3 aromatic rings. The van der Waals surface area contributed by atoms with Gasteiger partial charge in [0.15, 0.2) is 5.69 Å². The number of nitrogens with one attached hydrogen (secondary N) is 2. The zero-order valence-electron chi connectivity index (χ0n) is 20.1. The minimum absolute atomic E-state index is 0.145. The minimum atomic E-state index is -0.679. The van der Waals surface area contributed by atoms with Crippen molar-refractivity contribution in [2.75, 3.05) is 24.3 Å². The molecule has 0 aliphatic carbocycles. The molecule has 1 atom stereocenters. The van der Waals surface area contributed by atoms with Gasteiger partial charge in [0.05, 0.1) is 11.9 Å². The first-order valence-electron chi connectivity index (χ1n) is 11.5. The van der Waals surface area contributed by atoms with Gasteiger partial charge in [0.25, 0.3) is 11.8 Å². The Bertz CT molecular complexity index is 1410. The van der Waals surface area contributed by atoms with Gasteiger partial charge in [-0.2, -0.15) is 0 Å². The number of amides is 4. The summed E-state index contributed by atoms with van der Waals surface area (Å²) in [5.41, 5.74) is 4.63. The van der Waals surface area contributed by atoms with Crippen LogP contribution in [0.15, 0.2) is 42.6 Å². The van der Waals surface area contributed by atoms with Crippen LogP contribution in [0.25, 0.3) is 5.69 Å². The first-order chi connectivity index (χ1) is 17.2. The summed E-state index contributed by atoms with van der Waals surface area (Å²) in [6.07, 6.45) is 2.02. The molecule has 5 rings (SSSR count). The predicted molar refractivity (Wildman–Crippen MR) is 131 cm³/mol.